The predicted octanol–water partition coefficient (Wildman–Crippen LogP) is 3.10. The summed E-state index contributed by atoms with van der Waals surface area (Å²) < 4.78 is 5.91. The van der Waals surface area contributed by atoms with E-state index in [-0.39, 0.29) is 0 Å². The van der Waals surface area contributed by atoms with Crippen molar-refractivity contribution in [1.82, 2.24) is 20.6 Å². The lowest BCUT2D eigenvalue weighted by Gasteiger charge is -2.12. The first-order valence-electron chi connectivity index (χ1n) is 9.87. The number of ether oxygens (including phenoxy) is 1. The van der Waals surface area contributed by atoms with Gasteiger partial charge in [0.1, 0.15) is 6.10 Å². The third-order valence-corrected chi connectivity index (χ3v) is 4.55. The number of nitrogens with one attached hydrogen (secondary N) is 2. The monoisotopic (exact) mass is 367 g/mol. The van der Waals surface area contributed by atoms with Crippen LogP contribution in [0.4, 0.5) is 0 Å². The molecule has 2 aromatic rings. The number of aliphatic imine (C=N–C) groups is 1. The van der Waals surface area contributed by atoms with Crippen molar-refractivity contribution in [1.29, 1.82) is 0 Å². The minimum absolute atomic E-state index is 0.338. The molecule has 144 valence electrons. The number of nitrogens with zero attached hydrogens (tertiary/aromatic N) is 3. The van der Waals surface area contributed by atoms with Crippen LogP contribution in [0.3, 0.4) is 0 Å². The topological polar surface area (TPSA) is 71.4 Å². The number of pyridine rings is 2. The fourth-order valence-electron chi connectivity index (χ4n) is 3.12. The molecule has 1 saturated carbocycles. The van der Waals surface area contributed by atoms with Crippen LogP contribution in [0.1, 0.15) is 43.9 Å². The van der Waals surface area contributed by atoms with E-state index in [2.05, 4.69) is 32.5 Å². The summed E-state index contributed by atoms with van der Waals surface area (Å²) in [6.45, 7) is 4.25. The lowest BCUT2D eigenvalue weighted by Crippen LogP contribution is -2.38. The molecule has 2 heterocycles. The van der Waals surface area contributed by atoms with Crippen molar-refractivity contribution in [2.45, 2.75) is 51.7 Å². The maximum absolute atomic E-state index is 5.91. The lowest BCUT2D eigenvalue weighted by molar-refractivity contribution is 0.201. The zero-order valence-corrected chi connectivity index (χ0v) is 16.0. The van der Waals surface area contributed by atoms with Gasteiger partial charge in [-0.1, -0.05) is 12.1 Å². The molecule has 27 heavy (non-hydrogen) atoms. The van der Waals surface area contributed by atoms with E-state index < -0.39 is 0 Å². The Bertz CT molecular complexity index is 696. The van der Waals surface area contributed by atoms with Gasteiger partial charge in [-0.2, -0.15) is 0 Å². The summed E-state index contributed by atoms with van der Waals surface area (Å²) in [7, 11) is 0. The molecule has 0 aliphatic heterocycles. The molecule has 2 aromatic heterocycles. The summed E-state index contributed by atoms with van der Waals surface area (Å²) in [5.74, 6) is 1.52. The van der Waals surface area contributed by atoms with Gasteiger partial charge in [-0.05, 0) is 50.3 Å². The van der Waals surface area contributed by atoms with Gasteiger partial charge in [-0.3, -0.25) is 4.98 Å². The zero-order chi connectivity index (χ0) is 18.7. The third-order valence-electron chi connectivity index (χ3n) is 4.55. The summed E-state index contributed by atoms with van der Waals surface area (Å²) in [4.78, 5) is 13.4. The molecule has 0 atom stereocenters. The SMILES string of the molecule is CCNC(=NCc1ccc(OC2CCCC2)nc1)NCCc1ccccn1. The molecule has 1 aliphatic rings. The largest absolute Gasteiger partial charge is 0.474 e. The minimum Gasteiger partial charge on any atom is -0.474 e. The Labute approximate surface area is 161 Å². The van der Waals surface area contributed by atoms with Crippen LogP contribution in [0.2, 0.25) is 0 Å². The Balaban J connectivity index is 1.48. The second-order valence-electron chi connectivity index (χ2n) is 6.72. The first-order valence-corrected chi connectivity index (χ1v) is 9.87. The fraction of sp³-hybridized carbons (Fsp3) is 0.476. The molecule has 1 fully saturated rings. The van der Waals surface area contributed by atoms with Crippen LogP contribution in [0.25, 0.3) is 0 Å². The highest BCUT2D eigenvalue weighted by Crippen LogP contribution is 2.22. The van der Waals surface area contributed by atoms with Gasteiger partial charge in [0.05, 0.1) is 6.54 Å². The minimum atomic E-state index is 0.338. The zero-order valence-electron chi connectivity index (χ0n) is 16.0. The van der Waals surface area contributed by atoms with Crippen molar-refractivity contribution in [3.8, 4) is 5.88 Å². The van der Waals surface area contributed by atoms with Crippen LogP contribution in [0.15, 0.2) is 47.7 Å². The smallest absolute Gasteiger partial charge is 0.213 e. The van der Waals surface area contributed by atoms with E-state index in [1.165, 1.54) is 12.8 Å². The number of aromatic nitrogens is 2. The maximum atomic E-state index is 5.91. The van der Waals surface area contributed by atoms with Gasteiger partial charge in [0.25, 0.3) is 0 Å². The highest BCUT2D eigenvalue weighted by atomic mass is 16.5. The van der Waals surface area contributed by atoms with Gasteiger partial charge in [0, 0.05) is 43.7 Å². The van der Waals surface area contributed by atoms with Crippen LogP contribution in [0, 0.1) is 0 Å². The van der Waals surface area contributed by atoms with Crippen molar-refractivity contribution in [3.63, 3.8) is 0 Å². The Kier molecular flexibility index (Phi) is 7.45. The van der Waals surface area contributed by atoms with Gasteiger partial charge < -0.3 is 15.4 Å². The molecular weight excluding hydrogens is 338 g/mol. The Morgan fingerprint density at radius 3 is 2.74 bits per heavy atom. The van der Waals surface area contributed by atoms with E-state index in [9.17, 15) is 0 Å². The summed E-state index contributed by atoms with van der Waals surface area (Å²) in [6, 6.07) is 9.96. The first-order chi connectivity index (χ1) is 13.3. The van der Waals surface area contributed by atoms with Crippen LogP contribution in [0.5, 0.6) is 5.88 Å². The summed E-state index contributed by atoms with van der Waals surface area (Å²) in [5.41, 5.74) is 2.14. The van der Waals surface area contributed by atoms with E-state index in [1.807, 2.05) is 42.7 Å². The Morgan fingerprint density at radius 2 is 2.04 bits per heavy atom. The van der Waals surface area contributed by atoms with Crippen LogP contribution < -0.4 is 15.4 Å². The molecule has 0 amide bonds. The molecule has 6 nitrogen and oxygen atoms in total. The number of guanidine groups is 1. The molecule has 0 radical (unpaired) electrons. The normalized spacial score (nSPS) is 14.9. The molecule has 2 N–H and O–H groups in total. The summed E-state index contributed by atoms with van der Waals surface area (Å²) >= 11 is 0. The quantitative estimate of drug-likeness (QED) is 0.554. The highest BCUT2D eigenvalue weighted by molar-refractivity contribution is 5.79. The molecule has 0 aromatic carbocycles. The number of hydrogen-bond donors (Lipinski definition) is 2. The molecule has 0 spiro atoms. The molecule has 6 heteroatoms. The van der Waals surface area contributed by atoms with E-state index in [4.69, 9.17) is 4.74 Å². The van der Waals surface area contributed by atoms with Gasteiger partial charge in [0.15, 0.2) is 5.96 Å². The van der Waals surface area contributed by atoms with Crippen molar-refractivity contribution >= 4 is 5.96 Å². The lowest BCUT2D eigenvalue weighted by atomic mass is 10.3. The molecule has 0 saturated heterocycles. The van der Waals surface area contributed by atoms with Gasteiger partial charge >= 0.3 is 0 Å². The van der Waals surface area contributed by atoms with Crippen molar-refractivity contribution < 1.29 is 4.74 Å². The number of hydrogen-bond acceptors (Lipinski definition) is 4. The van der Waals surface area contributed by atoms with Crippen molar-refractivity contribution in [2.75, 3.05) is 13.1 Å². The second-order valence-corrected chi connectivity index (χ2v) is 6.72. The Hall–Kier alpha value is -2.63. The summed E-state index contributed by atoms with van der Waals surface area (Å²) in [5, 5.41) is 6.62. The first kappa shape index (κ1) is 19.1. The molecule has 3 rings (SSSR count). The van der Waals surface area contributed by atoms with Crippen molar-refractivity contribution in [2.24, 2.45) is 4.99 Å². The predicted molar refractivity (Wildman–Crippen MR) is 108 cm³/mol. The van der Waals surface area contributed by atoms with E-state index in [0.717, 1.165) is 55.4 Å². The highest BCUT2D eigenvalue weighted by Gasteiger charge is 2.16. The fourth-order valence-corrected chi connectivity index (χ4v) is 3.12. The second kappa shape index (κ2) is 10.5. The third kappa shape index (κ3) is 6.55. The van der Waals surface area contributed by atoms with Crippen molar-refractivity contribution in [3.05, 3.63) is 54.0 Å². The van der Waals surface area contributed by atoms with Crippen LogP contribution in [-0.2, 0) is 13.0 Å². The molecule has 1 aliphatic carbocycles. The maximum Gasteiger partial charge on any atom is 0.213 e. The van der Waals surface area contributed by atoms with E-state index in [1.54, 1.807) is 0 Å². The summed E-state index contributed by atoms with van der Waals surface area (Å²) in [6.07, 6.45) is 9.68. The van der Waals surface area contributed by atoms with Gasteiger partial charge in [-0.25, -0.2) is 9.98 Å². The molecule has 0 bridgehead atoms. The Morgan fingerprint density at radius 1 is 1.15 bits per heavy atom. The number of rotatable bonds is 8. The van der Waals surface area contributed by atoms with Gasteiger partial charge in [0.2, 0.25) is 5.88 Å². The van der Waals surface area contributed by atoms with E-state index in [0.29, 0.717) is 12.6 Å². The van der Waals surface area contributed by atoms with E-state index >= 15 is 0 Å². The standard InChI is InChI=1S/C21H29N5O/c1-2-22-21(24-14-12-18-7-5-6-13-23-18)26-16-17-10-11-20(25-15-17)27-19-8-3-4-9-19/h5-7,10-11,13,15,19H,2-4,8-9,12,14,16H2,1H3,(H2,22,24,26). The average Bonchev–Trinajstić information content (AvgIpc) is 3.21. The van der Waals surface area contributed by atoms with Crippen LogP contribution >= 0.6 is 0 Å². The average molecular weight is 367 g/mol. The molecule has 0 unspecified atom stereocenters. The van der Waals surface area contributed by atoms with Crippen LogP contribution in [-0.4, -0.2) is 35.1 Å². The van der Waals surface area contributed by atoms with Gasteiger partial charge in [-0.15, -0.1) is 0 Å². The molecular formula is C21H29N5O.